The number of hydrogen-bond donors (Lipinski definition) is 1. The minimum atomic E-state index is -0.462. The summed E-state index contributed by atoms with van der Waals surface area (Å²) in [5, 5.41) is 2.74. The molecule has 1 saturated heterocycles. The fraction of sp³-hybridized carbons (Fsp3) is 0.391. The van der Waals surface area contributed by atoms with Crippen LogP contribution in [0.1, 0.15) is 18.9 Å². The lowest BCUT2D eigenvalue weighted by Crippen LogP contribution is -2.46. The number of halogens is 1. The van der Waals surface area contributed by atoms with Crippen LogP contribution in [0.15, 0.2) is 48.5 Å². The van der Waals surface area contributed by atoms with Crippen LogP contribution >= 0.6 is 0 Å². The number of hydrogen-bond acceptors (Lipinski definition) is 5. The molecular formula is C23H28FN3O3. The summed E-state index contributed by atoms with van der Waals surface area (Å²) >= 11 is 0. The van der Waals surface area contributed by atoms with E-state index in [9.17, 15) is 14.0 Å². The smallest absolute Gasteiger partial charge is 0.306 e. The zero-order chi connectivity index (χ0) is 21.3. The van der Waals surface area contributed by atoms with Crippen molar-refractivity contribution < 1.29 is 18.7 Å². The van der Waals surface area contributed by atoms with E-state index in [1.54, 1.807) is 12.1 Å². The standard InChI is InChI=1S/C23H28FN3O3/c1-2-26-13-15-27(16-14-26)21-10-8-20(9-11-21)25-22(28)17-30-23(29)12-5-18-3-6-19(24)7-4-18/h3-4,6-11H,2,5,12-17H2,1H3,(H,25,28). The molecule has 1 fully saturated rings. The largest absolute Gasteiger partial charge is 0.456 e. The van der Waals surface area contributed by atoms with Crippen molar-refractivity contribution in [2.45, 2.75) is 19.8 Å². The number of nitrogens with zero attached hydrogens (tertiary/aromatic N) is 2. The second kappa shape index (κ2) is 10.7. The summed E-state index contributed by atoms with van der Waals surface area (Å²) in [5.41, 5.74) is 2.64. The van der Waals surface area contributed by atoms with Gasteiger partial charge in [-0.25, -0.2) is 4.39 Å². The number of likely N-dealkylation sites (N-methyl/N-ethyl adjacent to an activating group) is 1. The lowest BCUT2D eigenvalue weighted by atomic mass is 10.1. The average molecular weight is 413 g/mol. The van der Waals surface area contributed by atoms with Gasteiger partial charge in [-0.05, 0) is 54.9 Å². The highest BCUT2D eigenvalue weighted by Crippen LogP contribution is 2.19. The molecule has 0 unspecified atom stereocenters. The summed E-state index contributed by atoms with van der Waals surface area (Å²) in [5.74, 6) is -1.16. The van der Waals surface area contributed by atoms with E-state index in [0.717, 1.165) is 44.0 Å². The summed E-state index contributed by atoms with van der Waals surface area (Å²) in [7, 11) is 0. The van der Waals surface area contributed by atoms with Crippen molar-refractivity contribution in [3.63, 3.8) is 0 Å². The van der Waals surface area contributed by atoms with Gasteiger partial charge in [0.15, 0.2) is 6.61 Å². The maximum Gasteiger partial charge on any atom is 0.306 e. The van der Waals surface area contributed by atoms with Gasteiger partial charge in [-0.15, -0.1) is 0 Å². The number of rotatable bonds is 8. The Labute approximate surface area is 176 Å². The fourth-order valence-corrected chi connectivity index (χ4v) is 3.39. The van der Waals surface area contributed by atoms with Crippen molar-refractivity contribution in [2.75, 3.05) is 49.5 Å². The van der Waals surface area contributed by atoms with E-state index in [1.807, 2.05) is 24.3 Å². The summed E-state index contributed by atoms with van der Waals surface area (Å²) in [6, 6.07) is 13.7. The molecule has 1 aliphatic heterocycles. The number of esters is 1. The van der Waals surface area contributed by atoms with Gasteiger partial charge in [0.2, 0.25) is 0 Å². The molecule has 7 heteroatoms. The zero-order valence-corrected chi connectivity index (χ0v) is 17.3. The second-order valence-corrected chi connectivity index (χ2v) is 7.30. The molecule has 2 aromatic rings. The van der Waals surface area contributed by atoms with Gasteiger partial charge in [0, 0.05) is 44.0 Å². The van der Waals surface area contributed by atoms with E-state index in [4.69, 9.17) is 4.74 Å². The van der Waals surface area contributed by atoms with Gasteiger partial charge in [0.1, 0.15) is 5.82 Å². The third kappa shape index (κ3) is 6.56. The molecule has 0 bridgehead atoms. The highest BCUT2D eigenvalue weighted by Gasteiger charge is 2.16. The second-order valence-electron chi connectivity index (χ2n) is 7.30. The molecule has 1 amide bonds. The molecule has 0 radical (unpaired) electrons. The molecule has 0 aromatic heterocycles. The Kier molecular flexibility index (Phi) is 7.79. The molecule has 0 saturated carbocycles. The quantitative estimate of drug-likeness (QED) is 0.674. The fourth-order valence-electron chi connectivity index (χ4n) is 3.39. The van der Waals surface area contributed by atoms with Crippen LogP contribution in [-0.4, -0.2) is 56.1 Å². The van der Waals surface area contributed by atoms with Crippen LogP contribution in [0.2, 0.25) is 0 Å². The first-order chi connectivity index (χ1) is 14.5. The summed E-state index contributed by atoms with van der Waals surface area (Å²) < 4.78 is 17.9. The van der Waals surface area contributed by atoms with E-state index < -0.39 is 5.97 Å². The van der Waals surface area contributed by atoms with E-state index in [1.165, 1.54) is 12.1 Å². The molecule has 2 aromatic carbocycles. The Morgan fingerprint density at radius 2 is 1.67 bits per heavy atom. The number of piperazine rings is 1. The molecule has 30 heavy (non-hydrogen) atoms. The van der Waals surface area contributed by atoms with Crippen molar-refractivity contribution in [1.82, 2.24) is 4.90 Å². The van der Waals surface area contributed by atoms with Crippen molar-refractivity contribution in [2.24, 2.45) is 0 Å². The van der Waals surface area contributed by atoms with Crippen molar-refractivity contribution >= 4 is 23.3 Å². The number of benzene rings is 2. The summed E-state index contributed by atoms with van der Waals surface area (Å²) in [4.78, 5) is 28.6. The van der Waals surface area contributed by atoms with E-state index >= 15 is 0 Å². The average Bonchev–Trinajstić information content (AvgIpc) is 2.78. The first-order valence-corrected chi connectivity index (χ1v) is 10.3. The van der Waals surface area contributed by atoms with Crippen LogP contribution in [-0.2, 0) is 20.7 Å². The van der Waals surface area contributed by atoms with Crippen LogP contribution < -0.4 is 10.2 Å². The number of amides is 1. The van der Waals surface area contributed by atoms with Crippen LogP contribution in [0.25, 0.3) is 0 Å². The zero-order valence-electron chi connectivity index (χ0n) is 17.3. The Hall–Kier alpha value is -2.93. The number of ether oxygens (including phenoxy) is 1. The first kappa shape index (κ1) is 21.8. The maximum absolute atomic E-state index is 12.9. The Bertz CT molecular complexity index is 832. The van der Waals surface area contributed by atoms with Crippen molar-refractivity contribution in [1.29, 1.82) is 0 Å². The third-order valence-corrected chi connectivity index (χ3v) is 5.23. The third-order valence-electron chi connectivity index (χ3n) is 5.23. The molecule has 6 nitrogen and oxygen atoms in total. The number of anilines is 2. The molecule has 3 rings (SSSR count). The molecule has 0 aliphatic carbocycles. The number of carbonyl (C=O) groups excluding carboxylic acids is 2. The topological polar surface area (TPSA) is 61.9 Å². The Balaban J connectivity index is 1.38. The van der Waals surface area contributed by atoms with Gasteiger partial charge in [-0.1, -0.05) is 19.1 Å². The molecule has 1 N–H and O–H groups in total. The van der Waals surface area contributed by atoms with Gasteiger partial charge in [0.05, 0.1) is 0 Å². The van der Waals surface area contributed by atoms with E-state index in [0.29, 0.717) is 12.1 Å². The van der Waals surface area contributed by atoms with Gasteiger partial charge in [-0.2, -0.15) is 0 Å². The van der Waals surface area contributed by atoms with Crippen LogP contribution in [0.4, 0.5) is 15.8 Å². The molecule has 0 atom stereocenters. The number of aryl methyl sites for hydroxylation is 1. The molecule has 1 heterocycles. The predicted octanol–water partition coefficient (Wildman–Crippen LogP) is 3.08. The highest BCUT2D eigenvalue weighted by atomic mass is 19.1. The monoisotopic (exact) mass is 413 g/mol. The van der Waals surface area contributed by atoms with Crippen LogP contribution in [0, 0.1) is 5.82 Å². The van der Waals surface area contributed by atoms with Crippen LogP contribution in [0.5, 0.6) is 0 Å². The van der Waals surface area contributed by atoms with E-state index in [2.05, 4.69) is 22.0 Å². The number of carbonyl (C=O) groups is 2. The van der Waals surface area contributed by atoms with Crippen molar-refractivity contribution in [3.05, 3.63) is 59.9 Å². The van der Waals surface area contributed by atoms with Gasteiger partial charge in [0.25, 0.3) is 5.91 Å². The highest BCUT2D eigenvalue weighted by molar-refractivity contribution is 5.92. The molecule has 0 spiro atoms. The predicted molar refractivity (Wildman–Crippen MR) is 115 cm³/mol. The van der Waals surface area contributed by atoms with Crippen molar-refractivity contribution in [3.8, 4) is 0 Å². The summed E-state index contributed by atoms with van der Waals surface area (Å²) in [6.07, 6.45) is 0.577. The molecular weight excluding hydrogens is 385 g/mol. The Morgan fingerprint density at radius 1 is 1.00 bits per heavy atom. The lowest BCUT2D eigenvalue weighted by Gasteiger charge is -2.35. The van der Waals surface area contributed by atoms with Gasteiger partial charge >= 0.3 is 5.97 Å². The first-order valence-electron chi connectivity index (χ1n) is 10.3. The maximum atomic E-state index is 12.9. The van der Waals surface area contributed by atoms with Gasteiger partial charge in [-0.3, -0.25) is 9.59 Å². The SMILES string of the molecule is CCN1CCN(c2ccc(NC(=O)COC(=O)CCc3ccc(F)cc3)cc2)CC1. The van der Waals surface area contributed by atoms with E-state index in [-0.39, 0.29) is 24.8 Å². The Morgan fingerprint density at radius 3 is 2.30 bits per heavy atom. The molecule has 1 aliphatic rings. The normalized spacial score (nSPS) is 14.4. The van der Waals surface area contributed by atoms with Gasteiger partial charge < -0.3 is 19.9 Å². The lowest BCUT2D eigenvalue weighted by molar-refractivity contribution is -0.147. The molecule has 160 valence electrons. The summed E-state index contributed by atoms with van der Waals surface area (Å²) in [6.45, 7) is 7.03. The minimum Gasteiger partial charge on any atom is -0.456 e. The minimum absolute atomic E-state index is 0.138. The number of nitrogens with one attached hydrogen (secondary N) is 1. The van der Waals surface area contributed by atoms with Crippen LogP contribution in [0.3, 0.4) is 0 Å².